The van der Waals surface area contributed by atoms with Crippen molar-refractivity contribution in [2.24, 2.45) is 0 Å². The smallest absolute Gasteiger partial charge is 0.224 e. The maximum Gasteiger partial charge on any atom is 0.224 e. The Balaban J connectivity index is 1.39. The molecule has 2 N–H and O–H groups in total. The molecule has 0 aromatic heterocycles. The van der Waals surface area contributed by atoms with Crippen LogP contribution < -0.4 is 5.32 Å². The number of carbonyl (C=O) groups is 1. The van der Waals surface area contributed by atoms with Gasteiger partial charge in [0.25, 0.3) is 0 Å². The van der Waals surface area contributed by atoms with Gasteiger partial charge in [-0.25, -0.2) is 0 Å². The highest BCUT2D eigenvalue weighted by molar-refractivity contribution is 6.42. The Hall–Kier alpha value is -2.37. The fourth-order valence-electron chi connectivity index (χ4n) is 4.63. The number of amides is 1. The molecule has 3 aromatic carbocycles. The molecule has 1 fully saturated rings. The van der Waals surface area contributed by atoms with Crippen molar-refractivity contribution in [1.82, 2.24) is 4.90 Å². The van der Waals surface area contributed by atoms with E-state index in [0.717, 1.165) is 42.9 Å². The van der Waals surface area contributed by atoms with Crippen molar-refractivity contribution >= 4 is 34.8 Å². The van der Waals surface area contributed by atoms with Gasteiger partial charge in [0.2, 0.25) is 5.91 Å². The van der Waals surface area contributed by atoms with E-state index in [1.807, 2.05) is 72.8 Å². The molecule has 1 amide bonds. The third-order valence-corrected chi connectivity index (χ3v) is 7.43. The Morgan fingerprint density at radius 2 is 1.59 bits per heavy atom. The molecular weight excluding hydrogens is 467 g/mol. The van der Waals surface area contributed by atoms with E-state index in [-0.39, 0.29) is 11.8 Å². The second kappa shape index (κ2) is 11.4. The number of rotatable bonds is 8. The molecule has 1 heterocycles. The normalized spacial score (nSPS) is 16.7. The second-order valence-corrected chi connectivity index (χ2v) is 9.83. The minimum absolute atomic E-state index is 0.00779. The molecule has 4 nitrogen and oxygen atoms in total. The number of para-hydroxylation sites is 1. The van der Waals surface area contributed by atoms with E-state index >= 15 is 0 Å². The van der Waals surface area contributed by atoms with Crippen molar-refractivity contribution in [3.63, 3.8) is 0 Å². The van der Waals surface area contributed by atoms with E-state index in [1.165, 1.54) is 0 Å². The van der Waals surface area contributed by atoms with Crippen molar-refractivity contribution in [3.8, 4) is 0 Å². The number of benzene rings is 3. The maximum absolute atomic E-state index is 12.8. The van der Waals surface area contributed by atoms with Gasteiger partial charge in [-0.15, -0.1) is 0 Å². The van der Waals surface area contributed by atoms with Gasteiger partial charge in [-0.2, -0.15) is 0 Å². The molecule has 1 atom stereocenters. The maximum atomic E-state index is 12.8. The summed E-state index contributed by atoms with van der Waals surface area (Å²) < 4.78 is 0. The van der Waals surface area contributed by atoms with Gasteiger partial charge in [-0.3, -0.25) is 4.79 Å². The number of nitrogens with one attached hydrogen (secondary N) is 1. The summed E-state index contributed by atoms with van der Waals surface area (Å²) in [6, 6.07) is 25.0. The summed E-state index contributed by atoms with van der Waals surface area (Å²) in [4.78, 5) is 15.2. The van der Waals surface area contributed by atoms with Crippen LogP contribution in [0.25, 0.3) is 0 Å². The van der Waals surface area contributed by atoms with Crippen LogP contribution in [0.4, 0.5) is 5.69 Å². The molecule has 0 saturated carbocycles. The van der Waals surface area contributed by atoms with E-state index in [4.69, 9.17) is 23.2 Å². The van der Waals surface area contributed by atoms with Crippen molar-refractivity contribution in [1.29, 1.82) is 0 Å². The predicted molar refractivity (Wildman–Crippen MR) is 140 cm³/mol. The SMILES string of the molecule is O=C(CC(CCN1CCC(O)(c2ccccc2)CC1)c1ccc(Cl)c(Cl)c1)Nc1ccccc1. The van der Waals surface area contributed by atoms with Crippen molar-refractivity contribution < 1.29 is 9.90 Å². The lowest BCUT2D eigenvalue weighted by molar-refractivity contribution is -0.116. The van der Waals surface area contributed by atoms with Crippen molar-refractivity contribution in [2.75, 3.05) is 25.0 Å². The summed E-state index contributed by atoms with van der Waals surface area (Å²) in [6.07, 6.45) is 2.56. The fourth-order valence-corrected chi connectivity index (χ4v) is 4.94. The zero-order chi connectivity index (χ0) is 24.0. The number of likely N-dealkylation sites (tertiary alicyclic amines) is 1. The minimum atomic E-state index is -0.767. The summed E-state index contributed by atoms with van der Waals surface area (Å²) in [5.74, 6) is -0.0206. The van der Waals surface area contributed by atoms with Crippen LogP contribution in [0.5, 0.6) is 0 Å². The summed E-state index contributed by atoms with van der Waals surface area (Å²) in [5, 5.41) is 15.1. The second-order valence-electron chi connectivity index (χ2n) is 9.02. The third-order valence-electron chi connectivity index (χ3n) is 6.69. The van der Waals surface area contributed by atoms with Crippen LogP contribution in [0.1, 0.15) is 42.7 Å². The van der Waals surface area contributed by atoms with Crippen LogP contribution >= 0.6 is 23.2 Å². The molecular formula is C28H30Cl2N2O2. The van der Waals surface area contributed by atoms with E-state index in [9.17, 15) is 9.90 Å². The summed E-state index contributed by atoms with van der Waals surface area (Å²) in [7, 11) is 0. The van der Waals surface area contributed by atoms with Gasteiger partial charge in [0.15, 0.2) is 0 Å². The lowest BCUT2D eigenvalue weighted by atomic mass is 9.84. The number of hydrogen-bond donors (Lipinski definition) is 2. The molecule has 1 unspecified atom stereocenters. The Kier molecular flexibility index (Phi) is 8.28. The molecule has 1 aliphatic rings. The van der Waals surface area contributed by atoms with Gasteiger partial charge in [-0.05, 0) is 67.1 Å². The van der Waals surface area contributed by atoms with E-state index in [0.29, 0.717) is 29.3 Å². The molecule has 1 aliphatic heterocycles. The first-order valence-corrected chi connectivity index (χ1v) is 12.5. The molecule has 3 aromatic rings. The van der Waals surface area contributed by atoms with Gasteiger partial charge in [0, 0.05) is 25.2 Å². The van der Waals surface area contributed by atoms with Crippen LogP contribution in [0.3, 0.4) is 0 Å². The molecule has 6 heteroatoms. The number of halogens is 2. The zero-order valence-corrected chi connectivity index (χ0v) is 20.6. The van der Waals surface area contributed by atoms with E-state index < -0.39 is 5.60 Å². The van der Waals surface area contributed by atoms with Gasteiger partial charge >= 0.3 is 0 Å². The lowest BCUT2D eigenvalue weighted by Gasteiger charge is -2.39. The lowest BCUT2D eigenvalue weighted by Crippen LogP contribution is -2.43. The minimum Gasteiger partial charge on any atom is -0.385 e. The topological polar surface area (TPSA) is 52.6 Å². The fraction of sp³-hybridized carbons (Fsp3) is 0.321. The Labute approximate surface area is 211 Å². The molecule has 0 radical (unpaired) electrons. The molecule has 0 aliphatic carbocycles. The number of carbonyl (C=O) groups excluding carboxylic acids is 1. The largest absolute Gasteiger partial charge is 0.385 e. The number of anilines is 1. The van der Waals surface area contributed by atoms with Gasteiger partial charge in [0.05, 0.1) is 15.6 Å². The first-order valence-electron chi connectivity index (χ1n) is 11.7. The Bertz CT molecular complexity index is 1080. The predicted octanol–water partition coefficient (Wildman–Crippen LogP) is 6.48. The number of aliphatic hydroxyl groups is 1. The quantitative estimate of drug-likeness (QED) is 0.375. The van der Waals surface area contributed by atoms with Gasteiger partial charge in [-0.1, -0.05) is 77.8 Å². The molecule has 0 bridgehead atoms. The molecule has 0 spiro atoms. The van der Waals surface area contributed by atoms with Crippen LogP contribution in [0, 0.1) is 0 Å². The van der Waals surface area contributed by atoms with Gasteiger partial charge < -0.3 is 15.3 Å². The highest BCUT2D eigenvalue weighted by Gasteiger charge is 2.34. The summed E-state index contributed by atoms with van der Waals surface area (Å²) >= 11 is 12.4. The Morgan fingerprint density at radius 3 is 2.24 bits per heavy atom. The average molecular weight is 497 g/mol. The molecule has 1 saturated heterocycles. The average Bonchev–Trinajstić information content (AvgIpc) is 2.86. The van der Waals surface area contributed by atoms with E-state index in [2.05, 4.69) is 10.2 Å². The number of nitrogens with zero attached hydrogens (tertiary/aromatic N) is 1. The summed E-state index contributed by atoms with van der Waals surface area (Å²) in [5.41, 5.74) is 2.02. The molecule has 4 rings (SSSR count). The first kappa shape index (κ1) is 24.7. The van der Waals surface area contributed by atoms with Crippen LogP contribution in [-0.2, 0) is 10.4 Å². The van der Waals surface area contributed by atoms with Crippen LogP contribution in [0.2, 0.25) is 10.0 Å². The van der Waals surface area contributed by atoms with E-state index in [1.54, 1.807) is 6.07 Å². The Morgan fingerprint density at radius 1 is 0.941 bits per heavy atom. The van der Waals surface area contributed by atoms with Crippen LogP contribution in [0.15, 0.2) is 78.9 Å². The van der Waals surface area contributed by atoms with Gasteiger partial charge in [0.1, 0.15) is 0 Å². The molecule has 178 valence electrons. The number of piperidine rings is 1. The standard InChI is InChI=1S/C28H30Cl2N2O2/c29-25-12-11-21(19-26(25)30)22(20-27(33)31-24-9-5-2-6-10-24)13-16-32-17-14-28(34,15-18-32)23-7-3-1-4-8-23/h1-12,19,22,34H,13-18,20H2,(H,31,33). The summed E-state index contributed by atoms with van der Waals surface area (Å²) in [6.45, 7) is 2.47. The number of hydrogen-bond acceptors (Lipinski definition) is 3. The third kappa shape index (κ3) is 6.39. The first-order chi connectivity index (χ1) is 16.4. The van der Waals surface area contributed by atoms with Crippen molar-refractivity contribution in [2.45, 2.75) is 37.2 Å². The highest BCUT2D eigenvalue weighted by atomic mass is 35.5. The van der Waals surface area contributed by atoms with Crippen LogP contribution in [-0.4, -0.2) is 35.5 Å². The van der Waals surface area contributed by atoms with Crippen molar-refractivity contribution in [3.05, 3.63) is 100 Å². The zero-order valence-electron chi connectivity index (χ0n) is 19.1. The monoisotopic (exact) mass is 496 g/mol. The molecule has 34 heavy (non-hydrogen) atoms. The highest BCUT2D eigenvalue weighted by Crippen LogP contribution is 2.34.